The lowest BCUT2D eigenvalue weighted by molar-refractivity contribution is -0.129. The number of nitrogens with one attached hydrogen (secondary N) is 1. The highest BCUT2D eigenvalue weighted by molar-refractivity contribution is 7.91. The summed E-state index contributed by atoms with van der Waals surface area (Å²) in [5, 5.41) is 12.4. The second-order valence-electron chi connectivity index (χ2n) is 4.72. The normalized spacial score (nSPS) is 31.9. The van der Waals surface area contributed by atoms with Crippen LogP contribution in [0.1, 0.15) is 12.8 Å². The summed E-state index contributed by atoms with van der Waals surface area (Å²) in [7, 11) is -3.15. The van der Waals surface area contributed by atoms with Gasteiger partial charge >= 0.3 is 0 Å². The Morgan fingerprint density at radius 1 is 1.29 bits per heavy atom. The maximum Gasteiger partial charge on any atom is 0.236 e. The molecular weight excluding hydrogens is 244 g/mol. The lowest BCUT2D eigenvalue weighted by atomic mass is 10.2. The molecule has 0 saturated carbocycles. The molecule has 2 N–H and O–H groups in total. The minimum atomic E-state index is -3.15. The molecule has 6 nitrogen and oxygen atoms in total. The number of aliphatic hydroxyl groups is 1. The fourth-order valence-corrected chi connectivity index (χ4v) is 4.10. The van der Waals surface area contributed by atoms with Crippen LogP contribution in [0.4, 0.5) is 0 Å². The van der Waals surface area contributed by atoms with E-state index in [1.807, 2.05) is 0 Å². The van der Waals surface area contributed by atoms with Gasteiger partial charge in [-0.25, -0.2) is 8.42 Å². The molecule has 0 aromatic carbocycles. The molecule has 2 heterocycles. The van der Waals surface area contributed by atoms with E-state index in [4.69, 9.17) is 0 Å². The summed E-state index contributed by atoms with van der Waals surface area (Å²) in [6.45, 7) is 1.68. The van der Waals surface area contributed by atoms with Crippen molar-refractivity contribution in [1.29, 1.82) is 0 Å². The van der Waals surface area contributed by atoms with Crippen LogP contribution in [0.25, 0.3) is 0 Å². The molecule has 2 rings (SSSR count). The molecule has 2 saturated heterocycles. The number of nitrogens with zero attached hydrogens (tertiary/aromatic N) is 1. The van der Waals surface area contributed by atoms with E-state index in [1.54, 1.807) is 4.90 Å². The minimum absolute atomic E-state index is 0.0148. The van der Waals surface area contributed by atoms with Crippen LogP contribution in [-0.2, 0) is 14.6 Å². The van der Waals surface area contributed by atoms with Gasteiger partial charge < -0.3 is 15.3 Å². The van der Waals surface area contributed by atoms with Crippen LogP contribution in [0.5, 0.6) is 0 Å². The molecule has 7 heteroatoms. The number of rotatable bonds is 3. The molecular formula is C10H18N2O4S. The number of amides is 1. The van der Waals surface area contributed by atoms with Crippen LogP contribution in [0.2, 0.25) is 0 Å². The Kier molecular flexibility index (Phi) is 3.70. The van der Waals surface area contributed by atoms with Crippen molar-refractivity contribution in [2.45, 2.75) is 25.0 Å². The monoisotopic (exact) mass is 262 g/mol. The van der Waals surface area contributed by atoms with E-state index >= 15 is 0 Å². The lowest BCUT2D eigenvalue weighted by Crippen LogP contribution is -2.45. The zero-order valence-corrected chi connectivity index (χ0v) is 10.4. The van der Waals surface area contributed by atoms with Gasteiger partial charge in [-0.2, -0.15) is 0 Å². The molecule has 98 valence electrons. The summed E-state index contributed by atoms with van der Waals surface area (Å²) in [6.07, 6.45) is 1.17. The van der Waals surface area contributed by atoms with Crippen molar-refractivity contribution < 1.29 is 18.3 Å². The minimum Gasteiger partial charge on any atom is -0.390 e. The first kappa shape index (κ1) is 12.8. The molecule has 1 amide bonds. The van der Waals surface area contributed by atoms with E-state index < -0.39 is 22.0 Å². The smallest absolute Gasteiger partial charge is 0.236 e. The third-order valence-corrected chi connectivity index (χ3v) is 5.01. The molecule has 0 bridgehead atoms. The summed E-state index contributed by atoms with van der Waals surface area (Å²) in [6, 6.07) is -0.508. The molecule has 0 spiro atoms. The van der Waals surface area contributed by atoms with Crippen molar-refractivity contribution in [1.82, 2.24) is 10.2 Å². The van der Waals surface area contributed by atoms with Gasteiger partial charge in [0.15, 0.2) is 9.84 Å². The lowest BCUT2D eigenvalue weighted by Gasteiger charge is -2.19. The van der Waals surface area contributed by atoms with E-state index in [0.717, 1.165) is 25.9 Å². The van der Waals surface area contributed by atoms with E-state index in [-0.39, 0.29) is 24.0 Å². The molecule has 2 aliphatic heterocycles. The predicted molar refractivity (Wildman–Crippen MR) is 62.3 cm³/mol. The zero-order chi connectivity index (χ0) is 12.5. The largest absolute Gasteiger partial charge is 0.390 e. The number of carbonyl (C=O) groups excluding carboxylic acids is 1. The average Bonchev–Trinajstić information content (AvgIpc) is 2.82. The van der Waals surface area contributed by atoms with Crippen molar-refractivity contribution >= 4 is 15.7 Å². The highest BCUT2D eigenvalue weighted by Gasteiger charge is 2.36. The number of hydrogen-bond acceptors (Lipinski definition) is 5. The Hall–Kier alpha value is -0.660. The molecule has 0 radical (unpaired) electrons. The fraction of sp³-hybridized carbons (Fsp3) is 0.900. The second kappa shape index (κ2) is 4.91. The van der Waals surface area contributed by atoms with Gasteiger partial charge in [-0.15, -0.1) is 0 Å². The Balaban J connectivity index is 1.80. The van der Waals surface area contributed by atoms with Gasteiger partial charge in [-0.3, -0.25) is 4.79 Å². The first-order valence-corrected chi connectivity index (χ1v) is 7.70. The summed E-state index contributed by atoms with van der Waals surface area (Å²) < 4.78 is 22.5. The van der Waals surface area contributed by atoms with Crippen molar-refractivity contribution in [2.75, 3.05) is 31.1 Å². The van der Waals surface area contributed by atoms with E-state index in [2.05, 4.69) is 5.32 Å². The van der Waals surface area contributed by atoms with Crippen molar-refractivity contribution in [3.63, 3.8) is 0 Å². The van der Waals surface area contributed by atoms with Crippen LogP contribution < -0.4 is 5.32 Å². The molecule has 2 aliphatic rings. The van der Waals surface area contributed by atoms with Gasteiger partial charge in [-0.1, -0.05) is 0 Å². The van der Waals surface area contributed by atoms with E-state index in [1.165, 1.54) is 0 Å². The van der Waals surface area contributed by atoms with Crippen molar-refractivity contribution in [3.8, 4) is 0 Å². The highest BCUT2D eigenvalue weighted by Crippen LogP contribution is 2.12. The first-order valence-electron chi connectivity index (χ1n) is 5.87. The number of likely N-dealkylation sites (tertiary alicyclic amines) is 1. The van der Waals surface area contributed by atoms with Gasteiger partial charge in [0.1, 0.15) is 0 Å². The quantitative estimate of drug-likeness (QED) is 0.637. The van der Waals surface area contributed by atoms with Crippen molar-refractivity contribution in [3.05, 3.63) is 0 Å². The van der Waals surface area contributed by atoms with Crippen LogP contribution >= 0.6 is 0 Å². The average molecular weight is 262 g/mol. The zero-order valence-electron chi connectivity index (χ0n) is 9.63. The Labute approximate surface area is 101 Å². The molecule has 2 atom stereocenters. The number of sulfone groups is 1. The number of aliphatic hydroxyl groups excluding tert-OH is 1. The van der Waals surface area contributed by atoms with Gasteiger partial charge in [0.2, 0.25) is 5.91 Å². The number of hydrogen-bond donors (Lipinski definition) is 2. The Morgan fingerprint density at radius 3 is 2.47 bits per heavy atom. The Bertz CT molecular complexity index is 389. The van der Waals surface area contributed by atoms with Crippen LogP contribution in [0.3, 0.4) is 0 Å². The molecule has 0 aliphatic carbocycles. The summed E-state index contributed by atoms with van der Waals surface area (Å²) in [5.41, 5.74) is 0. The molecule has 2 fully saturated rings. The topological polar surface area (TPSA) is 86.7 Å². The number of carbonyl (C=O) groups is 1. The molecule has 17 heavy (non-hydrogen) atoms. The maximum atomic E-state index is 11.7. The standard InChI is InChI=1S/C10H18N2O4S/c13-9-7-17(15,16)6-8(9)11-5-10(14)12-3-1-2-4-12/h8-9,11,13H,1-7H2. The predicted octanol–water partition coefficient (Wildman–Crippen LogP) is -1.64. The SMILES string of the molecule is O=C(CNC1CS(=O)(=O)CC1O)N1CCCC1. The maximum absolute atomic E-state index is 11.7. The first-order chi connectivity index (χ1) is 7.98. The molecule has 0 aromatic rings. The fourth-order valence-electron chi connectivity index (χ4n) is 2.32. The third-order valence-electron chi connectivity index (χ3n) is 3.30. The van der Waals surface area contributed by atoms with Gasteiger partial charge in [0, 0.05) is 19.1 Å². The second-order valence-corrected chi connectivity index (χ2v) is 6.87. The van der Waals surface area contributed by atoms with E-state index in [0.29, 0.717) is 0 Å². The van der Waals surface area contributed by atoms with Crippen LogP contribution in [-0.4, -0.2) is 67.6 Å². The molecule has 0 aromatic heterocycles. The van der Waals surface area contributed by atoms with Crippen LogP contribution in [0.15, 0.2) is 0 Å². The Morgan fingerprint density at radius 2 is 1.94 bits per heavy atom. The van der Waals surface area contributed by atoms with Crippen molar-refractivity contribution in [2.24, 2.45) is 0 Å². The summed E-state index contributed by atoms with van der Waals surface area (Å²) in [4.78, 5) is 13.5. The van der Waals surface area contributed by atoms with Crippen LogP contribution in [0, 0.1) is 0 Å². The third kappa shape index (κ3) is 3.17. The van der Waals surface area contributed by atoms with Gasteiger partial charge in [-0.05, 0) is 12.8 Å². The summed E-state index contributed by atoms with van der Waals surface area (Å²) >= 11 is 0. The summed E-state index contributed by atoms with van der Waals surface area (Å²) in [5.74, 6) is -0.302. The van der Waals surface area contributed by atoms with E-state index in [9.17, 15) is 18.3 Å². The van der Waals surface area contributed by atoms with Gasteiger partial charge in [0.25, 0.3) is 0 Å². The molecule has 2 unspecified atom stereocenters. The highest BCUT2D eigenvalue weighted by atomic mass is 32.2. The van der Waals surface area contributed by atoms with Gasteiger partial charge in [0.05, 0.1) is 24.2 Å².